The van der Waals surface area contributed by atoms with Crippen molar-refractivity contribution >= 4 is 52.6 Å². The maximum Gasteiger partial charge on any atom is 0.422 e. The summed E-state index contributed by atoms with van der Waals surface area (Å²) in [5.74, 6) is -2.13. The zero-order chi connectivity index (χ0) is 39.2. The minimum absolute atomic E-state index is 0.00849. The molecule has 286 valence electrons. The molecule has 2 aromatic heterocycles. The van der Waals surface area contributed by atoms with Gasteiger partial charge in [-0.05, 0) is 90.6 Å². The molecule has 3 aromatic carbocycles. The molecular formula is C37H36ClF3N10O4. The van der Waals surface area contributed by atoms with Gasteiger partial charge in [-0.25, -0.2) is 4.68 Å². The number of amides is 3. The van der Waals surface area contributed by atoms with Gasteiger partial charge in [0.05, 0.1) is 11.2 Å². The molecule has 0 bridgehead atoms. The number of ether oxygens (including phenoxy) is 1. The molecule has 1 aliphatic rings. The summed E-state index contributed by atoms with van der Waals surface area (Å²) in [7, 11) is 0. The normalized spacial score (nSPS) is 13.3. The first kappa shape index (κ1) is 38.5. The molecule has 0 aliphatic heterocycles. The highest BCUT2D eigenvalue weighted by atomic mass is 35.5. The molecule has 0 unspecified atom stereocenters. The van der Waals surface area contributed by atoms with Gasteiger partial charge in [0.15, 0.2) is 6.61 Å². The molecule has 14 nitrogen and oxygen atoms in total. The van der Waals surface area contributed by atoms with Crippen molar-refractivity contribution in [1.29, 1.82) is 0 Å². The van der Waals surface area contributed by atoms with Gasteiger partial charge in [0, 0.05) is 47.4 Å². The second-order valence-corrected chi connectivity index (χ2v) is 14.0. The highest BCUT2D eigenvalue weighted by Gasteiger charge is 2.45. The zero-order valence-electron chi connectivity index (χ0n) is 29.6. The number of nitrogens with one attached hydrogen (secondary N) is 5. The first-order valence-electron chi connectivity index (χ1n) is 17.0. The van der Waals surface area contributed by atoms with Crippen molar-refractivity contribution in [3.05, 3.63) is 107 Å². The molecular weight excluding hydrogens is 741 g/mol. The number of carbonyl (C=O) groups excluding carboxylic acids is 3. The summed E-state index contributed by atoms with van der Waals surface area (Å²) >= 11 is 6.04. The number of rotatable bonds is 14. The number of halogens is 4. The van der Waals surface area contributed by atoms with Gasteiger partial charge in [0.1, 0.15) is 0 Å². The van der Waals surface area contributed by atoms with E-state index in [-0.39, 0.29) is 25.0 Å². The molecule has 55 heavy (non-hydrogen) atoms. The Morgan fingerprint density at radius 1 is 0.836 bits per heavy atom. The van der Waals surface area contributed by atoms with Crippen LogP contribution in [-0.2, 0) is 15.1 Å². The fourth-order valence-corrected chi connectivity index (χ4v) is 5.42. The first-order chi connectivity index (χ1) is 26.2. The smallest absolute Gasteiger partial charge is 0.422 e. The van der Waals surface area contributed by atoms with E-state index in [0.717, 1.165) is 24.1 Å². The van der Waals surface area contributed by atoms with E-state index in [0.29, 0.717) is 22.0 Å². The number of hydrogen-bond acceptors (Lipinski definition) is 10. The average Bonchev–Trinajstić information content (AvgIpc) is 3.71. The lowest BCUT2D eigenvalue weighted by molar-refractivity contribution is -0.154. The van der Waals surface area contributed by atoms with Crippen LogP contribution in [0.15, 0.2) is 91.3 Å². The van der Waals surface area contributed by atoms with E-state index in [9.17, 15) is 27.6 Å². The van der Waals surface area contributed by atoms with Crippen molar-refractivity contribution < 1.29 is 32.3 Å². The van der Waals surface area contributed by atoms with Crippen LogP contribution in [0.25, 0.3) is 5.69 Å². The fourth-order valence-electron chi connectivity index (χ4n) is 5.30. The molecule has 0 atom stereocenters. The Hall–Kier alpha value is -6.23. The lowest BCUT2D eigenvalue weighted by Crippen LogP contribution is -2.44. The third-order valence-corrected chi connectivity index (χ3v) is 8.69. The van der Waals surface area contributed by atoms with Crippen LogP contribution in [-0.4, -0.2) is 68.3 Å². The SMILES string of the molecule is CC(C)(CNC(=O)C(=O)Nc1ccc(-n2cccn2)cc1)CNC(=O)c1ccc(Nc2nc(NC3(c4ccc(Cl)cc4)CC3)nc(OCC(F)(F)F)n2)cc1. The number of nitrogens with zero attached hydrogens (tertiary/aromatic N) is 5. The fraction of sp³-hybridized carbons (Fsp3) is 0.270. The van der Waals surface area contributed by atoms with E-state index in [2.05, 4.69) is 46.6 Å². The predicted molar refractivity (Wildman–Crippen MR) is 198 cm³/mol. The van der Waals surface area contributed by atoms with Crippen molar-refractivity contribution in [2.45, 2.75) is 38.4 Å². The maximum absolute atomic E-state index is 13.0. The highest BCUT2D eigenvalue weighted by Crippen LogP contribution is 2.48. The van der Waals surface area contributed by atoms with Gasteiger partial charge < -0.3 is 31.3 Å². The van der Waals surface area contributed by atoms with Crippen LogP contribution in [0, 0.1) is 5.41 Å². The molecule has 3 amide bonds. The summed E-state index contributed by atoms with van der Waals surface area (Å²) in [4.78, 5) is 50.4. The van der Waals surface area contributed by atoms with Gasteiger partial charge in [-0.3, -0.25) is 14.4 Å². The molecule has 18 heteroatoms. The second-order valence-electron chi connectivity index (χ2n) is 13.6. The lowest BCUT2D eigenvalue weighted by Gasteiger charge is -2.25. The van der Waals surface area contributed by atoms with Crippen molar-refractivity contribution in [3.8, 4) is 11.7 Å². The van der Waals surface area contributed by atoms with Crippen LogP contribution in [0.1, 0.15) is 42.6 Å². The largest absolute Gasteiger partial charge is 0.454 e. The Morgan fingerprint density at radius 2 is 1.49 bits per heavy atom. The van der Waals surface area contributed by atoms with Gasteiger partial charge in [-0.15, -0.1) is 0 Å². The first-order valence-corrected chi connectivity index (χ1v) is 17.4. The van der Waals surface area contributed by atoms with Crippen LogP contribution in [0.4, 0.5) is 36.4 Å². The summed E-state index contributed by atoms with van der Waals surface area (Å²) < 4.78 is 45.4. The number of aromatic nitrogens is 5. The summed E-state index contributed by atoms with van der Waals surface area (Å²) in [6.45, 7) is 2.30. The summed E-state index contributed by atoms with van der Waals surface area (Å²) in [6.07, 6.45) is 0.289. The molecule has 0 spiro atoms. The van der Waals surface area contributed by atoms with Crippen LogP contribution in [0.2, 0.25) is 5.02 Å². The molecule has 0 saturated heterocycles. The van der Waals surface area contributed by atoms with E-state index in [1.165, 1.54) is 0 Å². The number of hydrogen-bond donors (Lipinski definition) is 5. The molecule has 5 N–H and O–H groups in total. The Morgan fingerprint density at radius 3 is 2.13 bits per heavy atom. The maximum atomic E-state index is 13.0. The minimum Gasteiger partial charge on any atom is -0.454 e. The van der Waals surface area contributed by atoms with E-state index in [1.54, 1.807) is 83.8 Å². The van der Waals surface area contributed by atoms with E-state index >= 15 is 0 Å². The molecule has 6 rings (SSSR count). The molecule has 1 fully saturated rings. The quantitative estimate of drug-likeness (QED) is 0.0840. The molecule has 5 aromatic rings. The van der Waals surface area contributed by atoms with Crippen molar-refractivity contribution in [2.75, 3.05) is 35.6 Å². The molecule has 2 heterocycles. The number of alkyl halides is 3. The summed E-state index contributed by atoms with van der Waals surface area (Å²) in [6, 6.07) is 21.5. The van der Waals surface area contributed by atoms with Crippen LogP contribution >= 0.6 is 11.6 Å². The highest BCUT2D eigenvalue weighted by molar-refractivity contribution is 6.39. The van der Waals surface area contributed by atoms with Gasteiger partial charge in [0.25, 0.3) is 5.91 Å². The third kappa shape index (κ3) is 10.7. The monoisotopic (exact) mass is 776 g/mol. The molecule has 1 aliphatic carbocycles. The van der Waals surface area contributed by atoms with Crippen LogP contribution < -0.4 is 31.3 Å². The van der Waals surface area contributed by atoms with Crippen molar-refractivity contribution in [2.24, 2.45) is 5.41 Å². The number of benzene rings is 3. The van der Waals surface area contributed by atoms with Crippen molar-refractivity contribution in [3.63, 3.8) is 0 Å². The van der Waals surface area contributed by atoms with Gasteiger partial charge in [-0.1, -0.05) is 37.6 Å². The minimum atomic E-state index is -4.61. The van der Waals surface area contributed by atoms with Gasteiger partial charge >= 0.3 is 24.0 Å². The Bertz CT molecular complexity index is 2130. The third-order valence-electron chi connectivity index (χ3n) is 8.44. The predicted octanol–water partition coefficient (Wildman–Crippen LogP) is 6.01. The number of carbonyl (C=O) groups is 3. The lowest BCUT2D eigenvalue weighted by atomic mass is 9.93. The van der Waals surface area contributed by atoms with Crippen LogP contribution in [0.3, 0.4) is 0 Å². The Balaban J connectivity index is 1.01. The second kappa shape index (κ2) is 16.0. The standard InChI is InChI=1S/C37H36ClF3N10O4/c1-35(2,21-43-30(53)31(54)45-26-12-14-28(15-13-26)51-19-3-18-44-51)20-42-29(52)23-4-10-27(11-5-23)46-32-47-33(49-34(48-32)55-22-37(39,40)41)50-36(16-17-36)24-6-8-25(38)9-7-24/h3-15,18-19H,16-17,20-22H2,1-2H3,(H,42,52)(H,43,53)(H,45,54)(H2,46,47,48,49,50). The topological polar surface area (TPSA) is 177 Å². The van der Waals surface area contributed by atoms with Crippen LogP contribution in [0.5, 0.6) is 6.01 Å². The van der Waals surface area contributed by atoms with E-state index < -0.39 is 47.5 Å². The van der Waals surface area contributed by atoms with E-state index in [1.807, 2.05) is 26.0 Å². The van der Waals surface area contributed by atoms with Gasteiger partial charge in [0.2, 0.25) is 11.9 Å². The Kier molecular flexibility index (Phi) is 11.2. The van der Waals surface area contributed by atoms with Crippen molar-refractivity contribution in [1.82, 2.24) is 35.4 Å². The summed E-state index contributed by atoms with van der Waals surface area (Å²) in [5.41, 5.74) is 1.75. The zero-order valence-corrected chi connectivity index (χ0v) is 30.3. The van der Waals surface area contributed by atoms with E-state index in [4.69, 9.17) is 16.3 Å². The summed E-state index contributed by atoms with van der Waals surface area (Å²) in [5, 5.41) is 18.8. The van der Waals surface area contributed by atoms with Gasteiger partial charge in [-0.2, -0.15) is 33.2 Å². The molecule has 1 saturated carbocycles. The molecule has 0 radical (unpaired) electrons. The number of anilines is 4. The Labute approximate surface area is 318 Å². The average molecular weight is 777 g/mol.